The second kappa shape index (κ2) is 5.21. The van der Waals surface area contributed by atoms with Crippen molar-refractivity contribution in [2.75, 3.05) is 6.54 Å². The Balaban J connectivity index is 2.17. The molecule has 1 heterocycles. The van der Waals surface area contributed by atoms with Crippen LogP contribution in [0.3, 0.4) is 0 Å². The van der Waals surface area contributed by atoms with Gasteiger partial charge >= 0.3 is 5.97 Å². The summed E-state index contributed by atoms with van der Waals surface area (Å²) in [5.74, 6) is -0.513. The van der Waals surface area contributed by atoms with E-state index in [1.54, 1.807) is 12.1 Å². The van der Waals surface area contributed by atoms with Crippen LogP contribution in [-0.2, 0) is 11.3 Å². The van der Waals surface area contributed by atoms with Crippen molar-refractivity contribution in [3.63, 3.8) is 0 Å². The van der Waals surface area contributed by atoms with Crippen LogP contribution in [0.1, 0.15) is 32.3 Å². The summed E-state index contributed by atoms with van der Waals surface area (Å²) in [6.07, 6.45) is 1.96. The summed E-state index contributed by atoms with van der Waals surface area (Å²) >= 11 is 0. The van der Waals surface area contributed by atoms with Crippen molar-refractivity contribution in [1.82, 2.24) is 4.90 Å². The first-order valence-electron chi connectivity index (χ1n) is 6.65. The molecule has 1 aliphatic heterocycles. The van der Waals surface area contributed by atoms with E-state index in [1.165, 1.54) is 0 Å². The van der Waals surface area contributed by atoms with Gasteiger partial charge in [0, 0.05) is 6.54 Å². The maximum atomic E-state index is 11.5. The molecular formula is C15H21NO3. The van der Waals surface area contributed by atoms with Crippen molar-refractivity contribution in [2.45, 2.75) is 39.3 Å². The Kier molecular flexibility index (Phi) is 3.80. The van der Waals surface area contributed by atoms with E-state index < -0.39 is 12.0 Å². The lowest BCUT2D eigenvalue weighted by Gasteiger charge is -2.44. The Hall–Kier alpha value is -1.55. The molecule has 1 aromatic carbocycles. The molecule has 19 heavy (non-hydrogen) atoms. The Morgan fingerprint density at radius 2 is 2.00 bits per heavy atom. The molecule has 2 N–H and O–H groups in total. The molecule has 0 amide bonds. The maximum absolute atomic E-state index is 11.5. The number of phenolic OH excluding ortho intramolecular Hbond substituents is 1. The average Bonchev–Trinajstić information content (AvgIpc) is 2.30. The smallest absolute Gasteiger partial charge is 0.321 e. The largest absolute Gasteiger partial charge is 0.508 e. The standard InChI is InChI=1S/C15H21NO3/c1-15(2)8-3-9-16(13(15)14(18)19)10-11-4-6-12(17)7-5-11/h4-7,13,17H,3,8-10H2,1-2H3,(H,18,19). The highest BCUT2D eigenvalue weighted by molar-refractivity contribution is 5.74. The number of nitrogens with zero attached hydrogens (tertiary/aromatic N) is 1. The van der Waals surface area contributed by atoms with E-state index in [1.807, 2.05) is 30.9 Å². The zero-order valence-corrected chi connectivity index (χ0v) is 11.5. The highest BCUT2D eigenvalue weighted by Crippen LogP contribution is 2.36. The highest BCUT2D eigenvalue weighted by Gasteiger charge is 2.42. The topological polar surface area (TPSA) is 60.8 Å². The minimum absolute atomic E-state index is 0.207. The van der Waals surface area contributed by atoms with E-state index in [2.05, 4.69) is 0 Å². The second-order valence-electron chi connectivity index (χ2n) is 5.97. The van der Waals surface area contributed by atoms with Crippen LogP contribution in [0.5, 0.6) is 5.75 Å². The van der Waals surface area contributed by atoms with Crippen LogP contribution < -0.4 is 0 Å². The fourth-order valence-corrected chi connectivity index (χ4v) is 2.99. The molecule has 2 rings (SSSR count). The first kappa shape index (κ1) is 13.9. The molecule has 1 fully saturated rings. The number of carbonyl (C=O) groups is 1. The lowest BCUT2D eigenvalue weighted by atomic mass is 9.76. The van der Waals surface area contributed by atoms with Gasteiger partial charge in [-0.2, -0.15) is 0 Å². The van der Waals surface area contributed by atoms with Crippen LogP contribution in [0.4, 0.5) is 0 Å². The van der Waals surface area contributed by atoms with E-state index >= 15 is 0 Å². The fourth-order valence-electron chi connectivity index (χ4n) is 2.99. The van der Waals surface area contributed by atoms with Crippen LogP contribution in [0, 0.1) is 5.41 Å². The number of rotatable bonds is 3. The summed E-state index contributed by atoms with van der Waals surface area (Å²) in [5.41, 5.74) is 0.822. The average molecular weight is 263 g/mol. The number of likely N-dealkylation sites (tertiary alicyclic amines) is 1. The summed E-state index contributed by atoms with van der Waals surface area (Å²) in [7, 11) is 0. The summed E-state index contributed by atoms with van der Waals surface area (Å²) in [5, 5.41) is 18.8. The molecular weight excluding hydrogens is 242 g/mol. The van der Waals surface area contributed by atoms with Crippen molar-refractivity contribution >= 4 is 5.97 Å². The van der Waals surface area contributed by atoms with Gasteiger partial charge in [0.1, 0.15) is 11.8 Å². The van der Waals surface area contributed by atoms with Gasteiger partial charge in [-0.15, -0.1) is 0 Å². The van der Waals surface area contributed by atoms with Crippen molar-refractivity contribution in [1.29, 1.82) is 0 Å². The van der Waals surface area contributed by atoms with Gasteiger partial charge in [-0.1, -0.05) is 26.0 Å². The Morgan fingerprint density at radius 3 is 2.58 bits per heavy atom. The number of phenols is 1. The van der Waals surface area contributed by atoms with Crippen molar-refractivity contribution < 1.29 is 15.0 Å². The Labute approximate surface area is 113 Å². The summed E-state index contributed by atoms with van der Waals surface area (Å²) in [4.78, 5) is 13.6. The number of aliphatic carboxylic acids is 1. The lowest BCUT2D eigenvalue weighted by molar-refractivity contribution is -0.151. The van der Waals surface area contributed by atoms with E-state index in [4.69, 9.17) is 0 Å². The lowest BCUT2D eigenvalue weighted by Crippen LogP contribution is -2.53. The third-order valence-corrected chi connectivity index (χ3v) is 3.93. The van der Waals surface area contributed by atoms with Crippen LogP contribution >= 0.6 is 0 Å². The van der Waals surface area contributed by atoms with Crippen molar-refractivity contribution in [3.8, 4) is 5.75 Å². The first-order valence-corrected chi connectivity index (χ1v) is 6.65. The predicted molar refractivity (Wildman–Crippen MR) is 73.0 cm³/mol. The van der Waals surface area contributed by atoms with Crippen LogP contribution in [0.25, 0.3) is 0 Å². The second-order valence-corrected chi connectivity index (χ2v) is 5.97. The third-order valence-electron chi connectivity index (χ3n) is 3.93. The molecule has 4 heteroatoms. The van der Waals surface area contributed by atoms with Gasteiger partial charge in [0.25, 0.3) is 0 Å². The van der Waals surface area contributed by atoms with Crippen LogP contribution in [0.15, 0.2) is 24.3 Å². The highest BCUT2D eigenvalue weighted by atomic mass is 16.4. The molecule has 1 atom stereocenters. The number of piperidine rings is 1. The van der Waals surface area contributed by atoms with Crippen molar-refractivity contribution in [2.24, 2.45) is 5.41 Å². The zero-order chi connectivity index (χ0) is 14.0. The fraction of sp³-hybridized carbons (Fsp3) is 0.533. The van der Waals surface area contributed by atoms with E-state index in [0.29, 0.717) is 6.54 Å². The number of carboxylic acid groups (broad SMARTS) is 1. The molecule has 1 saturated heterocycles. The van der Waals surface area contributed by atoms with Gasteiger partial charge < -0.3 is 10.2 Å². The first-order chi connectivity index (χ1) is 8.90. The van der Waals surface area contributed by atoms with E-state index in [0.717, 1.165) is 24.9 Å². The number of benzene rings is 1. The summed E-state index contributed by atoms with van der Waals surface area (Å²) in [6, 6.07) is 6.52. The monoisotopic (exact) mass is 263 g/mol. The minimum atomic E-state index is -0.747. The van der Waals surface area contributed by atoms with E-state index in [-0.39, 0.29) is 11.2 Å². The Bertz CT molecular complexity index is 453. The minimum Gasteiger partial charge on any atom is -0.508 e. The summed E-state index contributed by atoms with van der Waals surface area (Å²) < 4.78 is 0. The number of hydrogen-bond donors (Lipinski definition) is 2. The zero-order valence-electron chi connectivity index (χ0n) is 11.5. The predicted octanol–water partition coefficient (Wildman–Crippen LogP) is 2.47. The normalized spacial score (nSPS) is 23.2. The van der Waals surface area contributed by atoms with Crippen molar-refractivity contribution in [3.05, 3.63) is 29.8 Å². The summed E-state index contributed by atoms with van der Waals surface area (Å²) in [6.45, 7) is 5.46. The maximum Gasteiger partial charge on any atom is 0.321 e. The quantitative estimate of drug-likeness (QED) is 0.879. The third kappa shape index (κ3) is 3.07. The molecule has 0 saturated carbocycles. The molecule has 0 radical (unpaired) electrons. The van der Waals surface area contributed by atoms with Gasteiger partial charge in [-0.3, -0.25) is 9.69 Å². The number of hydrogen-bond acceptors (Lipinski definition) is 3. The van der Waals surface area contributed by atoms with E-state index in [9.17, 15) is 15.0 Å². The molecule has 0 aliphatic carbocycles. The number of carboxylic acids is 1. The Morgan fingerprint density at radius 1 is 1.37 bits per heavy atom. The van der Waals surface area contributed by atoms with Gasteiger partial charge in [0.2, 0.25) is 0 Å². The molecule has 0 spiro atoms. The molecule has 1 aliphatic rings. The molecule has 0 aromatic heterocycles. The van der Waals surface area contributed by atoms with Gasteiger partial charge in [-0.05, 0) is 42.5 Å². The SMILES string of the molecule is CC1(C)CCCN(Cc2ccc(O)cc2)C1C(=O)O. The molecule has 104 valence electrons. The number of aromatic hydroxyl groups is 1. The molecule has 1 aromatic rings. The molecule has 4 nitrogen and oxygen atoms in total. The van der Waals surface area contributed by atoms with Gasteiger partial charge in [0.15, 0.2) is 0 Å². The molecule has 0 bridgehead atoms. The van der Waals surface area contributed by atoms with Crippen LogP contribution in [0.2, 0.25) is 0 Å². The molecule has 1 unspecified atom stereocenters. The van der Waals surface area contributed by atoms with Gasteiger partial charge in [-0.25, -0.2) is 0 Å². The van der Waals surface area contributed by atoms with Gasteiger partial charge in [0.05, 0.1) is 0 Å². The van der Waals surface area contributed by atoms with Crippen LogP contribution in [-0.4, -0.2) is 33.7 Å².